The molecule has 0 aromatic heterocycles. The number of halogens is 3. The molecule has 0 aliphatic heterocycles. The van der Waals surface area contributed by atoms with Crippen LogP contribution in [0.15, 0.2) is 29.4 Å². The Morgan fingerprint density at radius 3 is 2.00 bits per heavy atom. The van der Waals surface area contributed by atoms with Gasteiger partial charge in [-0.25, -0.2) is 0 Å². The number of carbonyl (C=O) groups excluding carboxylic acids is 1. The van der Waals surface area contributed by atoms with Crippen LogP contribution in [-0.2, 0) is 11.0 Å². The molecule has 1 rings (SSSR count). The molecule has 4 nitrogen and oxygen atoms in total. The molecule has 22 heavy (non-hydrogen) atoms. The van der Waals surface area contributed by atoms with Crippen LogP contribution in [-0.4, -0.2) is 11.9 Å². The van der Waals surface area contributed by atoms with Crippen LogP contribution >= 0.6 is 0 Å². The molecule has 1 unspecified atom stereocenters. The number of nitroso groups, excluding NO2 is 1. The van der Waals surface area contributed by atoms with Crippen molar-refractivity contribution in [3.63, 3.8) is 0 Å². The molecule has 0 aliphatic carbocycles. The van der Waals surface area contributed by atoms with Gasteiger partial charge in [0.1, 0.15) is 6.04 Å². The molecule has 0 aliphatic rings. The lowest BCUT2D eigenvalue weighted by Crippen LogP contribution is -2.42. The first kappa shape index (κ1) is 18.1. The van der Waals surface area contributed by atoms with Gasteiger partial charge in [-0.3, -0.25) is 4.79 Å². The minimum absolute atomic E-state index is 0.133. The average Bonchev–Trinajstić information content (AvgIpc) is 2.38. The van der Waals surface area contributed by atoms with E-state index in [4.69, 9.17) is 0 Å². The van der Waals surface area contributed by atoms with Crippen LogP contribution in [0.3, 0.4) is 0 Å². The number of carbonyl (C=O) groups is 1. The van der Waals surface area contributed by atoms with Gasteiger partial charge in [-0.2, -0.15) is 18.1 Å². The van der Waals surface area contributed by atoms with Crippen molar-refractivity contribution in [1.29, 1.82) is 0 Å². The maximum atomic E-state index is 12.5. The minimum Gasteiger partial charge on any atom is -0.326 e. The number of hydrogen-bond acceptors (Lipinski definition) is 3. The minimum atomic E-state index is -4.42. The van der Waals surface area contributed by atoms with Gasteiger partial charge in [0, 0.05) is 5.69 Å². The van der Waals surface area contributed by atoms with E-state index in [1.54, 1.807) is 27.7 Å². The molecule has 1 aromatic carbocycles. The number of hydrogen-bond donors (Lipinski definition) is 1. The smallest absolute Gasteiger partial charge is 0.326 e. The quantitative estimate of drug-likeness (QED) is 0.815. The van der Waals surface area contributed by atoms with Crippen LogP contribution in [0, 0.1) is 16.2 Å². The Kier molecular flexibility index (Phi) is 5.32. The summed E-state index contributed by atoms with van der Waals surface area (Å²) >= 11 is 0. The zero-order valence-corrected chi connectivity index (χ0v) is 12.9. The molecular weight excluding hydrogens is 297 g/mol. The molecule has 0 saturated heterocycles. The topological polar surface area (TPSA) is 58.5 Å². The standard InChI is InChI=1S/C15H19F3N2O2/c1-9(2)12(20-22)14(3,4)13(21)19-11-7-5-10(6-8-11)15(16,17)18/h5-9,12H,1-4H3,(H,19,21). The van der Waals surface area contributed by atoms with Gasteiger partial charge in [0.2, 0.25) is 5.91 Å². The molecule has 0 bridgehead atoms. The highest BCUT2D eigenvalue weighted by molar-refractivity contribution is 5.95. The summed E-state index contributed by atoms with van der Waals surface area (Å²) in [5.74, 6) is -0.601. The maximum absolute atomic E-state index is 12.5. The second-order valence-corrected chi connectivity index (χ2v) is 6.05. The first-order valence-electron chi connectivity index (χ1n) is 6.81. The van der Waals surface area contributed by atoms with Gasteiger partial charge >= 0.3 is 6.18 Å². The lowest BCUT2D eigenvalue weighted by atomic mass is 9.78. The van der Waals surface area contributed by atoms with E-state index in [1.165, 1.54) is 12.1 Å². The Morgan fingerprint density at radius 2 is 1.64 bits per heavy atom. The Labute approximate surface area is 127 Å². The Bertz CT molecular complexity index is 537. The number of alkyl halides is 3. The number of nitrogens with one attached hydrogen (secondary N) is 1. The number of benzene rings is 1. The molecule has 1 amide bonds. The van der Waals surface area contributed by atoms with Crippen LogP contribution < -0.4 is 5.32 Å². The van der Waals surface area contributed by atoms with Crippen LogP contribution in [0.5, 0.6) is 0 Å². The fourth-order valence-electron chi connectivity index (χ4n) is 2.26. The number of nitrogens with zero attached hydrogens (tertiary/aromatic N) is 1. The van der Waals surface area contributed by atoms with E-state index in [9.17, 15) is 22.9 Å². The third-order valence-corrected chi connectivity index (χ3v) is 3.54. The van der Waals surface area contributed by atoms with E-state index >= 15 is 0 Å². The van der Waals surface area contributed by atoms with E-state index in [0.29, 0.717) is 0 Å². The fraction of sp³-hybridized carbons (Fsp3) is 0.533. The molecule has 1 atom stereocenters. The number of rotatable bonds is 5. The zero-order valence-electron chi connectivity index (χ0n) is 12.9. The summed E-state index contributed by atoms with van der Waals surface area (Å²) in [6, 6.07) is 3.40. The molecule has 1 aromatic rings. The van der Waals surface area contributed by atoms with E-state index in [-0.39, 0.29) is 11.6 Å². The molecule has 0 heterocycles. The van der Waals surface area contributed by atoms with Gasteiger partial charge in [0.25, 0.3) is 0 Å². The van der Waals surface area contributed by atoms with Crippen molar-refractivity contribution in [2.75, 3.05) is 5.32 Å². The van der Waals surface area contributed by atoms with Crippen molar-refractivity contribution in [2.24, 2.45) is 16.5 Å². The van der Waals surface area contributed by atoms with Crippen LogP contribution in [0.2, 0.25) is 0 Å². The second-order valence-electron chi connectivity index (χ2n) is 6.05. The van der Waals surface area contributed by atoms with E-state index in [2.05, 4.69) is 10.5 Å². The number of anilines is 1. The molecule has 7 heteroatoms. The highest BCUT2D eigenvalue weighted by Gasteiger charge is 2.40. The van der Waals surface area contributed by atoms with Crippen molar-refractivity contribution in [3.05, 3.63) is 34.7 Å². The van der Waals surface area contributed by atoms with Crippen LogP contribution in [0.4, 0.5) is 18.9 Å². The lowest BCUT2D eigenvalue weighted by Gasteiger charge is -2.30. The van der Waals surface area contributed by atoms with Crippen LogP contribution in [0.1, 0.15) is 33.3 Å². The summed E-state index contributed by atoms with van der Waals surface area (Å²) in [4.78, 5) is 23.2. The summed E-state index contributed by atoms with van der Waals surface area (Å²) in [6.07, 6.45) is -4.42. The Hall–Kier alpha value is -1.92. The molecule has 0 spiro atoms. The monoisotopic (exact) mass is 316 g/mol. The lowest BCUT2D eigenvalue weighted by molar-refractivity contribution is -0.137. The third kappa shape index (κ3) is 4.05. The van der Waals surface area contributed by atoms with Gasteiger partial charge in [-0.05, 0) is 44.0 Å². The van der Waals surface area contributed by atoms with Crippen molar-refractivity contribution < 1.29 is 18.0 Å². The van der Waals surface area contributed by atoms with Crippen LogP contribution in [0.25, 0.3) is 0 Å². The molecule has 1 N–H and O–H groups in total. The third-order valence-electron chi connectivity index (χ3n) is 3.54. The fourth-order valence-corrected chi connectivity index (χ4v) is 2.26. The number of amides is 1. The van der Waals surface area contributed by atoms with Gasteiger partial charge in [0.15, 0.2) is 0 Å². The summed E-state index contributed by atoms with van der Waals surface area (Å²) in [5, 5.41) is 5.53. The summed E-state index contributed by atoms with van der Waals surface area (Å²) in [5.41, 5.74) is -1.63. The van der Waals surface area contributed by atoms with Gasteiger partial charge in [-0.1, -0.05) is 19.0 Å². The molecule has 0 radical (unpaired) electrons. The second kappa shape index (κ2) is 6.46. The highest BCUT2D eigenvalue weighted by Crippen LogP contribution is 2.32. The molecule has 0 saturated carbocycles. The summed E-state index contributed by atoms with van der Waals surface area (Å²) in [7, 11) is 0. The Morgan fingerprint density at radius 1 is 1.14 bits per heavy atom. The Balaban J connectivity index is 2.90. The van der Waals surface area contributed by atoms with Gasteiger partial charge < -0.3 is 5.32 Å². The van der Waals surface area contributed by atoms with Gasteiger partial charge in [0.05, 0.1) is 11.0 Å². The highest BCUT2D eigenvalue weighted by atomic mass is 19.4. The predicted molar refractivity (Wildman–Crippen MR) is 78.3 cm³/mol. The SMILES string of the molecule is CC(C)C(N=O)C(C)(C)C(=O)Nc1ccc(C(F)(F)F)cc1. The largest absolute Gasteiger partial charge is 0.416 e. The molecular formula is C15H19F3N2O2. The van der Waals surface area contributed by atoms with Gasteiger partial charge in [-0.15, -0.1) is 0 Å². The molecule has 0 fully saturated rings. The van der Waals surface area contributed by atoms with Crippen molar-refractivity contribution in [2.45, 2.75) is 39.9 Å². The summed E-state index contributed by atoms with van der Waals surface area (Å²) in [6.45, 7) is 6.72. The molecule has 122 valence electrons. The van der Waals surface area contributed by atoms with E-state index in [1.807, 2.05) is 0 Å². The van der Waals surface area contributed by atoms with Crippen molar-refractivity contribution in [1.82, 2.24) is 0 Å². The predicted octanol–water partition coefficient (Wildman–Crippen LogP) is 4.46. The van der Waals surface area contributed by atoms with E-state index in [0.717, 1.165) is 12.1 Å². The first-order valence-corrected chi connectivity index (χ1v) is 6.81. The zero-order chi connectivity index (χ0) is 17.1. The first-order chi connectivity index (χ1) is 10.00. The van der Waals surface area contributed by atoms with Crippen molar-refractivity contribution in [3.8, 4) is 0 Å². The summed E-state index contributed by atoms with van der Waals surface area (Å²) < 4.78 is 37.4. The normalized spacial score (nSPS) is 13.8. The maximum Gasteiger partial charge on any atom is 0.416 e. The average molecular weight is 316 g/mol. The van der Waals surface area contributed by atoms with Crippen molar-refractivity contribution >= 4 is 11.6 Å². The van der Waals surface area contributed by atoms with E-state index < -0.39 is 29.1 Å².